The van der Waals surface area contributed by atoms with Crippen LogP contribution in [0.1, 0.15) is 16.7 Å². The number of para-hydroxylation sites is 1. The number of nitrogens with zero attached hydrogens (tertiary/aromatic N) is 2. The van der Waals surface area contributed by atoms with Gasteiger partial charge in [-0.2, -0.15) is 18.5 Å². The molecular weight excluding hydrogens is 543 g/mol. The molecule has 0 unspecified atom stereocenters. The van der Waals surface area contributed by atoms with E-state index < -0.39 is 10.1 Å². The number of amides is 1. The van der Waals surface area contributed by atoms with Crippen molar-refractivity contribution >= 4 is 56.7 Å². The van der Waals surface area contributed by atoms with Crippen molar-refractivity contribution in [2.24, 2.45) is 5.10 Å². The van der Waals surface area contributed by atoms with Crippen LogP contribution in [0.4, 0.5) is 5.69 Å². The first kappa shape index (κ1) is 25.7. The van der Waals surface area contributed by atoms with Gasteiger partial charge in [0.2, 0.25) is 0 Å². The van der Waals surface area contributed by atoms with E-state index in [1.807, 2.05) is 55.5 Å². The molecule has 0 spiro atoms. The Bertz CT molecular complexity index is 1660. The fourth-order valence-electron chi connectivity index (χ4n) is 3.87. The summed E-state index contributed by atoms with van der Waals surface area (Å²) in [6, 6.07) is 27.6. The summed E-state index contributed by atoms with van der Waals surface area (Å²) in [6.45, 7) is 1.85. The highest BCUT2D eigenvalue weighted by Crippen LogP contribution is 2.37. The van der Waals surface area contributed by atoms with E-state index in [2.05, 4.69) is 5.10 Å². The Kier molecular flexibility index (Phi) is 7.08. The summed E-state index contributed by atoms with van der Waals surface area (Å²) in [5.74, 6) is -0.527. The summed E-state index contributed by atoms with van der Waals surface area (Å²) in [7, 11) is -4.17. The van der Waals surface area contributed by atoms with E-state index in [4.69, 9.17) is 27.4 Å². The van der Waals surface area contributed by atoms with Crippen LogP contribution in [0, 0.1) is 6.92 Å². The topological polar surface area (TPSA) is 76.0 Å². The standard InChI is InChI=1S/C29H20Cl2N2O4S/c1-19-12-14-23(15-13-19)38(35,36)37-28-25(30)17-20(18-26(28)31)16-24-27(21-8-4-2-5-9-21)32-33(29(24)34)22-10-6-3-7-11-22/h2-18H,1H3/b24-16-. The Balaban J connectivity index is 1.52. The molecule has 1 amide bonds. The average molecular weight is 563 g/mol. The van der Waals surface area contributed by atoms with Gasteiger partial charge in [0.25, 0.3) is 5.91 Å². The predicted octanol–water partition coefficient (Wildman–Crippen LogP) is 6.90. The van der Waals surface area contributed by atoms with Crippen LogP contribution in [0.25, 0.3) is 6.08 Å². The van der Waals surface area contributed by atoms with Crippen LogP contribution in [-0.4, -0.2) is 20.0 Å². The molecule has 0 saturated carbocycles. The number of hydrogen-bond donors (Lipinski definition) is 0. The van der Waals surface area contributed by atoms with Crippen LogP contribution in [-0.2, 0) is 14.9 Å². The number of carbonyl (C=O) groups is 1. The monoisotopic (exact) mass is 562 g/mol. The third kappa shape index (κ3) is 5.22. The molecule has 1 aliphatic heterocycles. The van der Waals surface area contributed by atoms with Crippen molar-refractivity contribution in [1.29, 1.82) is 0 Å². The number of benzene rings is 4. The quantitative estimate of drug-likeness (QED) is 0.189. The summed E-state index contributed by atoms with van der Waals surface area (Å²) in [6.07, 6.45) is 1.62. The van der Waals surface area contributed by atoms with E-state index in [0.717, 1.165) is 11.1 Å². The minimum atomic E-state index is -4.17. The molecule has 5 rings (SSSR count). The minimum Gasteiger partial charge on any atom is -0.376 e. The fourth-order valence-corrected chi connectivity index (χ4v) is 5.51. The molecule has 190 valence electrons. The Morgan fingerprint density at radius 2 is 1.42 bits per heavy atom. The molecule has 0 fully saturated rings. The van der Waals surface area contributed by atoms with Crippen molar-refractivity contribution in [3.63, 3.8) is 0 Å². The highest BCUT2D eigenvalue weighted by Gasteiger charge is 2.32. The Morgan fingerprint density at radius 1 is 0.842 bits per heavy atom. The number of rotatable bonds is 6. The fraction of sp³-hybridized carbons (Fsp3) is 0.0345. The molecule has 0 aliphatic carbocycles. The van der Waals surface area contributed by atoms with Gasteiger partial charge in [0, 0.05) is 5.56 Å². The average Bonchev–Trinajstić information content (AvgIpc) is 3.23. The van der Waals surface area contributed by atoms with Crippen molar-refractivity contribution in [2.75, 3.05) is 5.01 Å². The molecular formula is C29H20Cl2N2O4S. The maximum absolute atomic E-state index is 13.5. The lowest BCUT2D eigenvalue weighted by atomic mass is 10.00. The molecule has 4 aromatic carbocycles. The molecule has 4 aromatic rings. The molecule has 0 saturated heterocycles. The van der Waals surface area contributed by atoms with E-state index in [1.165, 1.54) is 29.3 Å². The summed E-state index contributed by atoms with van der Waals surface area (Å²) in [5.41, 5.74) is 3.56. The van der Waals surface area contributed by atoms with Crippen LogP contribution in [0.15, 0.2) is 113 Å². The third-order valence-electron chi connectivity index (χ3n) is 5.76. The van der Waals surface area contributed by atoms with E-state index >= 15 is 0 Å². The zero-order valence-electron chi connectivity index (χ0n) is 20.0. The first-order valence-corrected chi connectivity index (χ1v) is 13.7. The van der Waals surface area contributed by atoms with Gasteiger partial charge in [0.15, 0.2) is 5.75 Å². The Hall–Kier alpha value is -3.91. The number of aryl methyl sites for hydroxylation is 1. The van der Waals surface area contributed by atoms with Gasteiger partial charge in [0.05, 0.1) is 21.3 Å². The van der Waals surface area contributed by atoms with Crippen molar-refractivity contribution in [3.8, 4) is 5.75 Å². The van der Waals surface area contributed by atoms with Gasteiger partial charge in [-0.1, -0.05) is 89.4 Å². The smallest absolute Gasteiger partial charge is 0.339 e. The number of hydrogen-bond acceptors (Lipinski definition) is 5. The number of carbonyl (C=O) groups excluding carboxylic acids is 1. The van der Waals surface area contributed by atoms with Crippen LogP contribution in [0.5, 0.6) is 5.75 Å². The van der Waals surface area contributed by atoms with E-state index in [-0.39, 0.29) is 26.6 Å². The summed E-state index contributed by atoms with van der Waals surface area (Å²) >= 11 is 12.8. The summed E-state index contributed by atoms with van der Waals surface area (Å²) in [4.78, 5) is 13.4. The van der Waals surface area contributed by atoms with Crippen LogP contribution in [0.3, 0.4) is 0 Å². The molecule has 9 heteroatoms. The third-order valence-corrected chi connectivity index (χ3v) is 7.56. The lowest BCUT2D eigenvalue weighted by Crippen LogP contribution is -2.21. The van der Waals surface area contributed by atoms with Gasteiger partial charge in [-0.05, 0) is 55.0 Å². The zero-order valence-corrected chi connectivity index (χ0v) is 22.3. The summed E-state index contributed by atoms with van der Waals surface area (Å²) < 4.78 is 30.8. The normalized spacial score (nSPS) is 14.6. The Morgan fingerprint density at radius 3 is 2.03 bits per heavy atom. The second-order valence-electron chi connectivity index (χ2n) is 8.49. The highest BCUT2D eigenvalue weighted by molar-refractivity contribution is 7.87. The van der Waals surface area contributed by atoms with Crippen LogP contribution in [0.2, 0.25) is 10.0 Å². The van der Waals surface area contributed by atoms with Crippen molar-refractivity contribution in [2.45, 2.75) is 11.8 Å². The molecule has 0 radical (unpaired) electrons. The molecule has 6 nitrogen and oxygen atoms in total. The maximum Gasteiger partial charge on any atom is 0.339 e. The van der Waals surface area contributed by atoms with Crippen LogP contribution < -0.4 is 9.19 Å². The van der Waals surface area contributed by atoms with Crippen LogP contribution >= 0.6 is 23.2 Å². The van der Waals surface area contributed by atoms with E-state index in [9.17, 15) is 13.2 Å². The van der Waals surface area contributed by atoms with Gasteiger partial charge in [-0.25, -0.2) is 0 Å². The largest absolute Gasteiger partial charge is 0.376 e. The van der Waals surface area contributed by atoms with E-state index in [0.29, 0.717) is 22.5 Å². The molecule has 1 aliphatic rings. The second kappa shape index (κ2) is 10.5. The minimum absolute atomic E-state index is 0.0244. The number of anilines is 1. The number of halogens is 2. The van der Waals surface area contributed by atoms with Gasteiger partial charge in [0.1, 0.15) is 10.6 Å². The van der Waals surface area contributed by atoms with Gasteiger partial charge in [-0.15, -0.1) is 0 Å². The van der Waals surface area contributed by atoms with Crippen molar-refractivity contribution in [3.05, 3.63) is 129 Å². The van der Waals surface area contributed by atoms with E-state index in [1.54, 1.807) is 30.3 Å². The van der Waals surface area contributed by atoms with Crippen molar-refractivity contribution < 1.29 is 17.4 Å². The SMILES string of the molecule is Cc1ccc(S(=O)(=O)Oc2c(Cl)cc(/C=C3\C(=O)N(c4ccccc4)N=C3c3ccccc3)cc2Cl)cc1. The first-order chi connectivity index (χ1) is 18.2. The van der Waals surface area contributed by atoms with Gasteiger partial charge >= 0.3 is 10.1 Å². The van der Waals surface area contributed by atoms with Gasteiger partial charge < -0.3 is 4.18 Å². The predicted molar refractivity (Wildman–Crippen MR) is 150 cm³/mol. The second-order valence-corrected chi connectivity index (χ2v) is 10.9. The molecule has 0 aromatic heterocycles. The Labute approximate surface area is 230 Å². The first-order valence-electron chi connectivity index (χ1n) is 11.5. The zero-order chi connectivity index (χ0) is 26.9. The molecule has 0 bridgehead atoms. The molecule has 0 atom stereocenters. The maximum atomic E-state index is 13.5. The number of hydrazone groups is 1. The van der Waals surface area contributed by atoms with Crippen molar-refractivity contribution in [1.82, 2.24) is 0 Å². The summed E-state index contributed by atoms with van der Waals surface area (Å²) in [5, 5.41) is 5.89. The van der Waals surface area contributed by atoms with Gasteiger partial charge in [-0.3, -0.25) is 4.79 Å². The highest BCUT2D eigenvalue weighted by atomic mass is 35.5. The molecule has 38 heavy (non-hydrogen) atoms. The molecule has 0 N–H and O–H groups in total. The lowest BCUT2D eigenvalue weighted by Gasteiger charge is -2.12. The lowest BCUT2D eigenvalue weighted by molar-refractivity contribution is -0.114. The molecule has 1 heterocycles.